The molecule has 2 heterocycles. The highest BCUT2D eigenvalue weighted by atomic mass is 19.4. The highest BCUT2D eigenvalue weighted by Crippen LogP contribution is 2.34. The van der Waals surface area contributed by atoms with E-state index >= 15 is 0 Å². The van der Waals surface area contributed by atoms with Crippen molar-refractivity contribution in [3.63, 3.8) is 0 Å². The summed E-state index contributed by atoms with van der Waals surface area (Å²) in [5.41, 5.74) is -1.03. The van der Waals surface area contributed by atoms with Gasteiger partial charge in [-0.3, -0.25) is 0 Å². The fourth-order valence-corrected chi connectivity index (χ4v) is 2.67. The summed E-state index contributed by atoms with van der Waals surface area (Å²) in [6.45, 7) is 3.83. The van der Waals surface area contributed by atoms with Crippen LogP contribution in [0.1, 0.15) is 18.2 Å². The maximum atomic E-state index is 12.8. The van der Waals surface area contributed by atoms with E-state index in [2.05, 4.69) is 16.8 Å². The second-order valence-corrected chi connectivity index (χ2v) is 5.56. The average molecular weight is 352 g/mol. The molecule has 0 spiro atoms. The Morgan fingerprint density at radius 2 is 2.04 bits per heavy atom. The Hall–Kier alpha value is -2.84. The number of nitrogens with zero attached hydrogens (tertiary/aromatic N) is 4. The zero-order valence-corrected chi connectivity index (χ0v) is 13.1. The highest BCUT2D eigenvalue weighted by Gasteiger charge is 2.37. The molecule has 1 fully saturated rings. The molecule has 1 atom stereocenters. The van der Waals surface area contributed by atoms with Crippen LogP contribution in [0.25, 0.3) is 0 Å². The standard InChI is InChI=1S/C16H15F3N4O2/c1-20-14-9-13(16(17,18)19)21-23(14)11-7-8-22(10-11)15(24)25-12-5-3-2-4-6-12/h2-6,9,11H,1,7-8,10H2. The summed E-state index contributed by atoms with van der Waals surface area (Å²) in [6.07, 6.45) is -4.66. The van der Waals surface area contributed by atoms with Crippen LogP contribution in [0.4, 0.5) is 23.8 Å². The highest BCUT2D eigenvalue weighted by molar-refractivity contribution is 5.71. The number of alkyl halides is 3. The molecule has 1 amide bonds. The molecular weight excluding hydrogens is 337 g/mol. The molecular formula is C16H15F3N4O2. The van der Waals surface area contributed by atoms with Gasteiger partial charge in [0.25, 0.3) is 0 Å². The van der Waals surface area contributed by atoms with Crippen molar-refractivity contribution in [1.29, 1.82) is 0 Å². The first-order chi connectivity index (χ1) is 11.9. The summed E-state index contributed by atoms with van der Waals surface area (Å²) in [7, 11) is 0. The van der Waals surface area contributed by atoms with Gasteiger partial charge in [0.15, 0.2) is 11.5 Å². The van der Waals surface area contributed by atoms with Gasteiger partial charge in [0.05, 0.1) is 6.04 Å². The molecule has 1 aliphatic heterocycles. The molecule has 6 nitrogen and oxygen atoms in total. The molecule has 0 radical (unpaired) electrons. The van der Waals surface area contributed by atoms with Gasteiger partial charge in [-0.05, 0) is 25.3 Å². The van der Waals surface area contributed by atoms with Crippen molar-refractivity contribution in [2.75, 3.05) is 13.1 Å². The molecule has 2 aromatic rings. The van der Waals surface area contributed by atoms with Crippen LogP contribution >= 0.6 is 0 Å². The Balaban J connectivity index is 1.71. The van der Waals surface area contributed by atoms with Gasteiger partial charge in [0.2, 0.25) is 0 Å². The van der Waals surface area contributed by atoms with Gasteiger partial charge in [0.1, 0.15) is 5.75 Å². The zero-order chi connectivity index (χ0) is 18.0. The van der Waals surface area contributed by atoms with Gasteiger partial charge >= 0.3 is 12.3 Å². The molecule has 3 rings (SSSR count). The number of hydrogen-bond donors (Lipinski definition) is 0. The predicted octanol–water partition coefficient (Wildman–Crippen LogP) is 3.68. The maximum Gasteiger partial charge on any atom is 0.435 e. The van der Waals surface area contributed by atoms with Crippen molar-refractivity contribution in [3.8, 4) is 5.75 Å². The van der Waals surface area contributed by atoms with E-state index in [9.17, 15) is 18.0 Å². The first-order valence-electron chi connectivity index (χ1n) is 7.54. The minimum absolute atomic E-state index is 0.0237. The maximum absolute atomic E-state index is 12.8. The molecule has 132 valence electrons. The third-order valence-corrected chi connectivity index (χ3v) is 3.88. The number of para-hydroxylation sites is 1. The SMILES string of the molecule is C=Nc1cc(C(F)(F)F)nn1C1CCN(C(=O)Oc2ccccc2)C1. The summed E-state index contributed by atoms with van der Waals surface area (Å²) in [5.74, 6) is 0.429. The fraction of sp³-hybridized carbons (Fsp3) is 0.312. The number of hydrogen-bond acceptors (Lipinski definition) is 4. The van der Waals surface area contributed by atoms with Crippen LogP contribution in [-0.2, 0) is 6.18 Å². The van der Waals surface area contributed by atoms with Gasteiger partial charge < -0.3 is 9.64 Å². The summed E-state index contributed by atoms with van der Waals surface area (Å²) in [4.78, 5) is 17.2. The van der Waals surface area contributed by atoms with E-state index in [-0.39, 0.29) is 12.4 Å². The molecule has 25 heavy (non-hydrogen) atoms. The zero-order valence-electron chi connectivity index (χ0n) is 13.1. The summed E-state index contributed by atoms with van der Waals surface area (Å²) < 4.78 is 44.9. The fourth-order valence-electron chi connectivity index (χ4n) is 2.67. The third kappa shape index (κ3) is 3.65. The molecule has 1 saturated heterocycles. The number of rotatable bonds is 3. The van der Waals surface area contributed by atoms with Crippen LogP contribution in [0.5, 0.6) is 5.75 Å². The molecule has 1 unspecified atom stereocenters. The van der Waals surface area contributed by atoms with Crippen LogP contribution < -0.4 is 4.74 Å². The molecule has 0 saturated carbocycles. The molecule has 0 aliphatic carbocycles. The average Bonchev–Trinajstić information content (AvgIpc) is 3.22. The van der Waals surface area contributed by atoms with Crippen LogP contribution in [0.15, 0.2) is 41.4 Å². The van der Waals surface area contributed by atoms with Crippen molar-refractivity contribution >= 4 is 18.6 Å². The monoisotopic (exact) mass is 352 g/mol. The van der Waals surface area contributed by atoms with Crippen molar-refractivity contribution in [3.05, 3.63) is 42.1 Å². The van der Waals surface area contributed by atoms with E-state index in [4.69, 9.17) is 4.74 Å². The minimum atomic E-state index is -4.56. The molecule has 1 aromatic heterocycles. The molecule has 0 N–H and O–H groups in total. The second-order valence-electron chi connectivity index (χ2n) is 5.56. The molecule has 9 heteroatoms. The summed E-state index contributed by atoms with van der Waals surface area (Å²) in [5, 5.41) is 3.59. The Morgan fingerprint density at radius 1 is 1.32 bits per heavy atom. The van der Waals surface area contributed by atoms with Gasteiger partial charge in [-0.15, -0.1) is 0 Å². The number of carbonyl (C=O) groups is 1. The number of aliphatic imine (C=N–C) groups is 1. The van der Waals surface area contributed by atoms with Crippen LogP contribution in [0.3, 0.4) is 0 Å². The van der Waals surface area contributed by atoms with Crippen molar-refractivity contribution < 1.29 is 22.7 Å². The van der Waals surface area contributed by atoms with Crippen LogP contribution in [-0.4, -0.2) is 40.6 Å². The number of benzene rings is 1. The second kappa shape index (κ2) is 6.58. The Kier molecular flexibility index (Phi) is 4.47. The Labute approximate surface area is 141 Å². The number of aromatic nitrogens is 2. The quantitative estimate of drug-likeness (QED) is 0.792. The number of amides is 1. The van der Waals surface area contributed by atoms with E-state index in [1.165, 1.54) is 9.58 Å². The van der Waals surface area contributed by atoms with E-state index < -0.39 is 24.0 Å². The lowest BCUT2D eigenvalue weighted by atomic mass is 10.3. The summed E-state index contributed by atoms with van der Waals surface area (Å²) in [6, 6.07) is 8.99. The smallest absolute Gasteiger partial charge is 0.410 e. The van der Waals surface area contributed by atoms with Crippen molar-refractivity contribution in [2.45, 2.75) is 18.6 Å². The van der Waals surface area contributed by atoms with E-state index in [1.807, 2.05) is 0 Å². The van der Waals surface area contributed by atoms with Crippen LogP contribution in [0.2, 0.25) is 0 Å². The first kappa shape index (κ1) is 17.0. The third-order valence-electron chi connectivity index (χ3n) is 3.88. The number of ether oxygens (including phenoxy) is 1. The first-order valence-corrected chi connectivity index (χ1v) is 7.54. The molecule has 1 aromatic carbocycles. The van der Waals surface area contributed by atoms with Gasteiger partial charge in [-0.2, -0.15) is 18.3 Å². The minimum Gasteiger partial charge on any atom is -0.410 e. The number of halogens is 3. The predicted molar refractivity (Wildman–Crippen MR) is 84.1 cm³/mol. The van der Waals surface area contributed by atoms with E-state index in [0.29, 0.717) is 18.7 Å². The van der Waals surface area contributed by atoms with Gasteiger partial charge in [0, 0.05) is 19.2 Å². The van der Waals surface area contributed by atoms with Crippen molar-refractivity contribution in [1.82, 2.24) is 14.7 Å². The largest absolute Gasteiger partial charge is 0.435 e. The Bertz CT molecular complexity index is 773. The van der Waals surface area contributed by atoms with Gasteiger partial charge in [-0.1, -0.05) is 18.2 Å². The van der Waals surface area contributed by atoms with Gasteiger partial charge in [-0.25, -0.2) is 14.5 Å². The van der Waals surface area contributed by atoms with Crippen LogP contribution in [0, 0.1) is 0 Å². The topological polar surface area (TPSA) is 59.7 Å². The summed E-state index contributed by atoms with van der Waals surface area (Å²) >= 11 is 0. The lowest BCUT2D eigenvalue weighted by molar-refractivity contribution is -0.141. The van der Waals surface area contributed by atoms with E-state index in [0.717, 1.165) is 6.07 Å². The van der Waals surface area contributed by atoms with Crippen molar-refractivity contribution in [2.24, 2.45) is 4.99 Å². The number of carbonyl (C=O) groups excluding carboxylic acids is 1. The lowest BCUT2D eigenvalue weighted by Gasteiger charge is -2.16. The lowest BCUT2D eigenvalue weighted by Crippen LogP contribution is -2.31. The molecule has 0 bridgehead atoms. The number of likely N-dealkylation sites (tertiary alicyclic amines) is 1. The van der Waals surface area contributed by atoms with E-state index in [1.54, 1.807) is 30.3 Å². The normalized spacial score (nSPS) is 17.6. The Morgan fingerprint density at radius 3 is 2.68 bits per heavy atom. The molecule has 1 aliphatic rings.